The van der Waals surface area contributed by atoms with Gasteiger partial charge in [-0.15, -0.1) is 0 Å². The van der Waals surface area contributed by atoms with Crippen molar-refractivity contribution in [2.45, 2.75) is 33.1 Å². The molecule has 4 heteroatoms. The summed E-state index contributed by atoms with van der Waals surface area (Å²) in [5, 5.41) is 3.03. The van der Waals surface area contributed by atoms with E-state index in [4.69, 9.17) is 0 Å². The average molecular weight is 322 g/mol. The molecule has 0 aromatic heterocycles. The number of benzene rings is 2. The van der Waals surface area contributed by atoms with E-state index in [0.717, 1.165) is 41.9 Å². The van der Waals surface area contributed by atoms with Crippen LogP contribution in [-0.2, 0) is 11.2 Å². The summed E-state index contributed by atoms with van der Waals surface area (Å²) in [5.41, 5.74) is 4.42. The van der Waals surface area contributed by atoms with Gasteiger partial charge in [-0.1, -0.05) is 31.2 Å². The van der Waals surface area contributed by atoms with E-state index >= 15 is 0 Å². The van der Waals surface area contributed by atoms with E-state index in [9.17, 15) is 9.59 Å². The first-order valence-corrected chi connectivity index (χ1v) is 8.40. The number of amides is 2. The van der Waals surface area contributed by atoms with Gasteiger partial charge in [-0.2, -0.15) is 0 Å². The number of rotatable bonds is 4. The van der Waals surface area contributed by atoms with Gasteiger partial charge < -0.3 is 10.2 Å². The van der Waals surface area contributed by atoms with Crippen LogP contribution in [0.15, 0.2) is 42.5 Å². The van der Waals surface area contributed by atoms with Gasteiger partial charge in [0.05, 0.1) is 0 Å². The molecule has 0 radical (unpaired) electrons. The van der Waals surface area contributed by atoms with Crippen LogP contribution in [0.3, 0.4) is 0 Å². The molecule has 1 aliphatic rings. The predicted octanol–water partition coefficient (Wildman–Crippen LogP) is 3.94. The summed E-state index contributed by atoms with van der Waals surface area (Å²) in [6.07, 6.45) is 2.32. The summed E-state index contributed by atoms with van der Waals surface area (Å²) in [7, 11) is 0. The summed E-state index contributed by atoms with van der Waals surface area (Å²) < 4.78 is 0. The smallest absolute Gasteiger partial charge is 0.255 e. The van der Waals surface area contributed by atoms with Gasteiger partial charge in [0.15, 0.2) is 0 Å². The zero-order valence-electron chi connectivity index (χ0n) is 14.1. The lowest BCUT2D eigenvalue weighted by Gasteiger charge is -2.17. The van der Waals surface area contributed by atoms with Crippen molar-refractivity contribution in [2.24, 2.45) is 0 Å². The molecule has 0 aliphatic carbocycles. The summed E-state index contributed by atoms with van der Waals surface area (Å²) in [4.78, 5) is 26.3. The zero-order chi connectivity index (χ0) is 17.1. The second-order valence-electron chi connectivity index (χ2n) is 6.12. The van der Waals surface area contributed by atoms with Crippen molar-refractivity contribution in [2.75, 3.05) is 16.8 Å². The third-order valence-electron chi connectivity index (χ3n) is 4.47. The number of anilines is 2. The quantitative estimate of drug-likeness (QED) is 0.927. The standard InChI is InChI=1S/C20H22N2O2/c1-3-15-8-4-7-14(2)19(15)21-20(24)16-9-5-10-17(13-16)22-12-6-11-18(22)23/h4-5,7-10,13H,3,6,11-12H2,1-2H3,(H,21,24). The van der Waals surface area contributed by atoms with Crippen molar-refractivity contribution in [1.29, 1.82) is 0 Å². The van der Waals surface area contributed by atoms with Crippen LogP contribution in [-0.4, -0.2) is 18.4 Å². The number of hydrogen-bond donors (Lipinski definition) is 1. The molecule has 1 heterocycles. The maximum atomic E-state index is 12.7. The highest BCUT2D eigenvalue weighted by atomic mass is 16.2. The number of nitrogens with zero attached hydrogens (tertiary/aromatic N) is 1. The maximum Gasteiger partial charge on any atom is 0.255 e. The molecule has 0 spiro atoms. The minimum absolute atomic E-state index is 0.125. The number of hydrogen-bond acceptors (Lipinski definition) is 2. The molecule has 1 saturated heterocycles. The highest BCUT2D eigenvalue weighted by Gasteiger charge is 2.22. The fourth-order valence-electron chi connectivity index (χ4n) is 3.12. The van der Waals surface area contributed by atoms with Crippen molar-refractivity contribution in [3.63, 3.8) is 0 Å². The van der Waals surface area contributed by atoms with Gasteiger partial charge in [-0.25, -0.2) is 0 Å². The molecule has 24 heavy (non-hydrogen) atoms. The summed E-state index contributed by atoms with van der Waals surface area (Å²) in [6.45, 7) is 4.79. The number of carbonyl (C=O) groups excluding carboxylic acids is 2. The molecule has 4 nitrogen and oxygen atoms in total. The van der Waals surface area contributed by atoms with E-state index in [1.807, 2.05) is 37.3 Å². The van der Waals surface area contributed by atoms with Crippen LogP contribution in [0.1, 0.15) is 41.3 Å². The van der Waals surface area contributed by atoms with Gasteiger partial charge in [0, 0.05) is 29.9 Å². The Morgan fingerprint density at radius 2 is 2.00 bits per heavy atom. The molecule has 1 fully saturated rings. The molecule has 3 rings (SSSR count). The van der Waals surface area contributed by atoms with Crippen LogP contribution < -0.4 is 10.2 Å². The van der Waals surface area contributed by atoms with E-state index < -0.39 is 0 Å². The van der Waals surface area contributed by atoms with Gasteiger partial charge in [0.2, 0.25) is 5.91 Å². The second-order valence-corrected chi connectivity index (χ2v) is 6.12. The van der Waals surface area contributed by atoms with Crippen molar-refractivity contribution >= 4 is 23.2 Å². The lowest BCUT2D eigenvalue weighted by atomic mass is 10.1. The van der Waals surface area contributed by atoms with Crippen molar-refractivity contribution < 1.29 is 9.59 Å². The Bertz CT molecular complexity index is 783. The molecule has 2 aromatic rings. The van der Waals surface area contributed by atoms with E-state index in [0.29, 0.717) is 12.0 Å². The Hall–Kier alpha value is -2.62. The van der Waals surface area contributed by atoms with Gasteiger partial charge in [0.1, 0.15) is 0 Å². The van der Waals surface area contributed by atoms with E-state index in [-0.39, 0.29) is 11.8 Å². The maximum absolute atomic E-state index is 12.7. The van der Waals surface area contributed by atoms with E-state index in [2.05, 4.69) is 12.2 Å². The molecule has 2 amide bonds. The molecule has 1 N–H and O–H groups in total. The van der Waals surface area contributed by atoms with Crippen LogP contribution in [0.2, 0.25) is 0 Å². The molecular weight excluding hydrogens is 300 g/mol. The fourth-order valence-corrected chi connectivity index (χ4v) is 3.12. The Kier molecular flexibility index (Phi) is 4.65. The molecular formula is C20H22N2O2. The zero-order valence-corrected chi connectivity index (χ0v) is 14.1. The van der Waals surface area contributed by atoms with Crippen molar-refractivity contribution in [3.05, 3.63) is 59.2 Å². The van der Waals surface area contributed by atoms with Gasteiger partial charge in [-0.05, 0) is 49.1 Å². The molecule has 124 valence electrons. The van der Waals surface area contributed by atoms with E-state index in [1.165, 1.54) is 0 Å². The first kappa shape index (κ1) is 16.2. The molecule has 1 aliphatic heterocycles. The highest BCUT2D eigenvalue weighted by molar-refractivity contribution is 6.06. The van der Waals surface area contributed by atoms with Crippen molar-refractivity contribution in [1.82, 2.24) is 0 Å². The van der Waals surface area contributed by atoms with Crippen LogP contribution in [0.5, 0.6) is 0 Å². The fraction of sp³-hybridized carbons (Fsp3) is 0.300. The van der Waals surface area contributed by atoms with Crippen molar-refractivity contribution in [3.8, 4) is 0 Å². The number of para-hydroxylation sites is 1. The Morgan fingerprint density at radius 3 is 2.71 bits per heavy atom. The third kappa shape index (κ3) is 3.18. The molecule has 0 atom stereocenters. The van der Waals surface area contributed by atoms with Gasteiger partial charge in [-0.3, -0.25) is 9.59 Å². The van der Waals surface area contributed by atoms with Gasteiger partial charge in [0.25, 0.3) is 5.91 Å². The highest BCUT2D eigenvalue weighted by Crippen LogP contribution is 2.25. The minimum Gasteiger partial charge on any atom is -0.321 e. The lowest BCUT2D eigenvalue weighted by molar-refractivity contribution is -0.117. The van der Waals surface area contributed by atoms with Crippen LogP contribution in [0.25, 0.3) is 0 Å². The minimum atomic E-state index is -0.146. The monoisotopic (exact) mass is 322 g/mol. The lowest BCUT2D eigenvalue weighted by Crippen LogP contribution is -2.24. The topological polar surface area (TPSA) is 49.4 Å². The Balaban J connectivity index is 1.85. The number of nitrogens with one attached hydrogen (secondary N) is 1. The largest absolute Gasteiger partial charge is 0.321 e. The summed E-state index contributed by atoms with van der Waals surface area (Å²) in [6, 6.07) is 13.3. The molecule has 0 saturated carbocycles. The predicted molar refractivity (Wildman–Crippen MR) is 96.5 cm³/mol. The summed E-state index contributed by atoms with van der Waals surface area (Å²) >= 11 is 0. The molecule has 0 unspecified atom stereocenters. The normalized spacial score (nSPS) is 14.1. The first-order chi connectivity index (χ1) is 11.6. The first-order valence-electron chi connectivity index (χ1n) is 8.40. The SMILES string of the molecule is CCc1cccc(C)c1NC(=O)c1cccc(N2CCCC2=O)c1. The molecule has 0 bridgehead atoms. The number of aryl methyl sites for hydroxylation is 2. The van der Waals surface area contributed by atoms with Crippen LogP contribution in [0.4, 0.5) is 11.4 Å². The third-order valence-corrected chi connectivity index (χ3v) is 4.47. The Labute approximate surface area is 142 Å². The van der Waals surface area contributed by atoms with E-state index in [1.54, 1.807) is 17.0 Å². The molecule has 2 aromatic carbocycles. The number of carbonyl (C=O) groups is 2. The van der Waals surface area contributed by atoms with Crippen LogP contribution in [0, 0.1) is 6.92 Å². The van der Waals surface area contributed by atoms with Gasteiger partial charge >= 0.3 is 0 Å². The average Bonchev–Trinajstić information content (AvgIpc) is 3.02. The second kappa shape index (κ2) is 6.87. The summed E-state index contributed by atoms with van der Waals surface area (Å²) in [5.74, 6) is -0.0211. The van der Waals surface area contributed by atoms with Crippen LogP contribution >= 0.6 is 0 Å². The Morgan fingerprint density at radius 1 is 1.21 bits per heavy atom.